The molecule has 0 spiro atoms. The predicted octanol–water partition coefficient (Wildman–Crippen LogP) is 2.97. The minimum Gasteiger partial charge on any atom is -0.497 e. The van der Waals surface area contributed by atoms with Gasteiger partial charge in [-0.2, -0.15) is 0 Å². The van der Waals surface area contributed by atoms with Crippen molar-refractivity contribution in [3.05, 3.63) is 59.7 Å². The number of ether oxygens (including phenoxy) is 1. The molecule has 3 nitrogen and oxygen atoms in total. The van der Waals surface area contributed by atoms with Crippen LogP contribution in [0.25, 0.3) is 0 Å². The van der Waals surface area contributed by atoms with Crippen molar-refractivity contribution in [2.24, 2.45) is 0 Å². The van der Waals surface area contributed by atoms with Crippen LogP contribution >= 0.6 is 0 Å². The molecule has 96 valence electrons. The Morgan fingerprint density at radius 1 is 1.16 bits per heavy atom. The molecule has 0 saturated carbocycles. The number of nitrogens with one attached hydrogen (secondary N) is 1. The van der Waals surface area contributed by atoms with E-state index < -0.39 is 0 Å². The van der Waals surface area contributed by atoms with Crippen molar-refractivity contribution in [3.8, 4) is 5.75 Å². The molecule has 1 amide bonds. The minimum absolute atomic E-state index is 0.0481. The Balaban J connectivity index is 1.96. The van der Waals surface area contributed by atoms with E-state index in [1.54, 1.807) is 7.11 Å². The molecule has 0 bridgehead atoms. The predicted molar refractivity (Wildman–Crippen MR) is 74.5 cm³/mol. The Bertz CT molecular complexity index is 622. The van der Waals surface area contributed by atoms with Gasteiger partial charge in [0.2, 0.25) is 5.91 Å². The van der Waals surface area contributed by atoms with Gasteiger partial charge in [-0.25, -0.2) is 0 Å². The van der Waals surface area contributed by atoms with Crippen LogP contribution in [0.5, 0.6) is 5.75 Å². The van der Waals surface area contributed by atoms with Crippen molar-refractivity contribution in [3.63, 3.8) is 0 Å². The van der Waals surface area contributed by atoms with Crippen LogP contribution in [0.1, 0.15) is 17.0 Å². The summed E-state index contributed by atoms with van der Waals surface area (Å²) in [5, 5.41) is 2.97. The first-order valence-corrected chi connectivity index (χ1v) is 6.30. The summed E-state index contributed by atoms with van der Waals surface area (Å²) < 4.78 is 5.22. The average molecular weight is 253 g/mol. The van der Waals surface area contributed by atoms with Crippen molar-refractivity contribution in [2.45, 2.75) is 12.3 Å². The van der Waals surface area contributed by atoms with Crippen LogP contribution in [0.4, 0.5) is 5.69 Å². The van der Waals surface area contributed by atoms with E-state index in [9.17, 15) is 4.79 Å². The van der Waals surface area contributed by atoms with E-state index in [-0.39, 0.29) is 11.8 Å². The number of hydrogen-bond donors (Lipinski definition) is 1. The molecule has 1 heterocycles. The third-order valence-corrected chi connectivity index (χ3v) is 3.51. The maximum absolute atomic E-state index is 12.2. The van der Waals surface area contributed by atoms with Gasteiger partial charge in [-0.1, -0.05) is 30.3 Å². The summed E-state index contributed by atoms with van der Waals surface area (Å²) in [6.07, 6.45) is 0.731. The third-order valence-electron chi connectivity index (χ3n) is 3.51. The highest BCUT2D eigenvalue weighted by atomic mass is 16.5. The van der Waals surface area contributed by atoms with E-state index in [2.05, 4.69) is 11.4 Å². The first kappa shape index (κ1) is 11.8. The Morgan fingerprint density at radius 2 is 2.00 bits per heavy atom. The van der Waals surface area contributed by atoms with Crippen molar-refractivity contribution < 1.29 is 9.53 Å². The average Bonchev–Trinajstić information content (AvgIpc) is 2.46. The smallest absolute Gasteiger partial charge is 0.232 e. The van der Waals surface area contributed by atoms with Crippen molar-refractivity contribution in [2.75, 3.05) is 12.4 Å². The van der Waals surface area contributed by atoms with E-state index in [0.717, 1.165) is 23.4 Å². The van der Waals surface area contributed by atoms with Crippen LogP contribution in [-0.2, 0) is 11.2 Å². The van der Waals surface area contributed by atoms with Gasteiger partial charge in [0, 0.05) is 5.69 Å². The van der Waals surface area contributed by atoms with Crippen LogP contribution < -0.4 is 10.1 Å². The lowest BCUT2D eigenvalue weighted by Crippen LogP contribution is -2.28. The number of benzene rings is 2. The highest BCUT2D eigenvalue weighted by molar-refractivity contribution is 5.99. The number of hydrogen-bond acceptors (Lipinski definition) is 2. The summed E-state index contributed by atoms with van der Waals surface area (Å²) in [6.45, 7) is 0. The van der Waals surface area contributed by atoms with Crippen LogP contribution in [0.3, 0.4) is 0 Å². The minimum atomic E-state index is -0.148. The van der Waals surface area contributed by atoms with Crippen molar-refractivity contribution in [1.29, 1.82) is 0 Å². The van der Waals surface area contributed by atoms with Gasteiger partial charge in [0.15, 0.2) is 0 Å². The normalized spacial score (nSPS) is 17.5. The molecular formula is C16H15NO2. The molecule has 0 saturated heterocycles. The van der Waals surface area contributed by atoms with Crippen LogP contribution in [0.2, 0.25) is 0 Å². The standard InChI is InChI=1S/C16H15NO2/c1-19-13-7-4-6-11(9-13)14-10-12-5-2-3-8-15(12)17-16(14)18/h2-9,14H,10H2,1H3,(H,17,18). The largest absolute Gasteiger partial charge is 0.497 e. The second kappa shape index (κ2) is 4.76. The molecular weight excluding hydrogens is 238 g/mol. The molecule has 0 fully saturated rings. The summed E-state index contributed by atoms with van der Waals surface area (Å²) in [4.78, 5) is 12.2. The fourth-order valence-corrected chi connectivity index (χ4v) is 2.48. The number of rotatable bonds is 2. The molecule has 0 aliphatic carbocycles. The van der Waals surface area contributed by atoms with Gasteiger partial charge in [0.1, 0.15) is 5.75 Å². The highest BCUT2D eigenvalue weighted by Crippen LogP contribution is 2.32. The Morgan fingerprint density at radius 3 is 2.84 bits per heavy atom. The Kier molecular flexibility index (Phi) is 2.95. The third kappa shape index (κ3) is 2.19. The topological polar surface area (TPSA) is 38.3 Å². The lowest BCUT2D eigenvalue weighted by Gasteiger charge is -2.25. The van der Waals surface area contributed by atoms with Gasteiger partial charge in [-0.15, -0.1) is 0 Å². The second-order valence-corrected chi connectivity index (χ2v) is 4.68. The molecule has 0 aromatic heterocycles. The number of para-hydroxylation sites is 1. The Hall–Kier alpha value is -2.29. The molecule has 2 aromatic rings. The van der Waals surface area contributed by atoms with Gasteiger partial charge in [-0.3, -0.25) is 4.79 Å². The van der Waals surface area contributed by atoms with Gasteiger partial charge in [0.25, 0.3) is 0 Å². The number of anilines is 1. The summed E-state index contributed by atoms with van der Waals surface area (Å²) >= 11 is 0. The zero-order chi connectivity index (χ0) is 13.2. The van der Waals surface area contributed by atoms with Crippen LogP contribution in [0, 0.1) is 0 Å². The molecule has 1 aliphatic heterocycles. The fraction of sp³-hybridized carbons (Fsp3) is 0.188. The summed E-state index contributed by atoms with van der Waals surface area (Å²) in [6, 6.07) is 15.6. The van der Waals surface area contributed by atoms with Crippen molar-refractivity contribution >= 4 is 11.6 Å². The molecule has 0 radical (unpaired) electrons. The van der Waals surface area contributed by atoms with Crippen molar-refractivity contribution in [1.82, 2.24) is 0 Å². The van der Waals surface area contributed by atoms with Gasteiger partial charge in [-0.05, 0) is 35.7 Å². The van der Waals surface area contributed by atoms with Crippen LogP contribution in [0.15, 0.2) is 48.5 Å². The summed E-state index contributed by atoms with van der Waals surface area (Å²) in [5.74, 6) is 0.682. The van der Waals surface area contributed by atoms with E-state index in [0.29, 0.717) is 0 Å². The zero-order valence-electron chi connectivity index (χ0n) is 10.7. The maximum atomic E-state index is 12.2. The monoisotopic (exact) mass is 253 g/mol. The van der Waals surface area contributed by atoms with E-state index in [4.69, 9.17) is 4.74 Å². The van der Waals surface area contributed by atoms with Crippen LogP contribution in [-0.4, -0.2) is 13.0 Å². The second-order valence-electron chi connectivity index (χ2n) is 4.68. The van der Waals surface area contributed by atoms with E-state index in [1.807, 2.05) is 42.5 Å². The lowest BCUT2D eigenvalue weighted by molar-refractivity contribution is -0.117. The number of fused-ring (bicyclic) bond motifs is 1. The quantitative estimate of drug-likeness (QED) is 0.893. The highest BCUT2D eigenvalue weighted by Gasteiger charge is 2.27. The number of carbonyl (C=O) groups excluding carboxylic acids is 1. The molecule has 1 aliphatic rings. The maximum Gasteiger partial charge on any atom is 0.232 e. The molecule has 3 rings (SSSR count). The number of carbonyl (C=O) groups is 1. The van der Waals surface area contributed by atoms with E-state index in [1.165, 1.54) is 5.56 Å². The fourth-order valence-electron chi connectivity index (χ4n) is 2.48. The molecule has 2 aromatic carbocycles. The number of methoxy groups -OCH3 is 1. The van der Waals surface area contributed by atoms with Gasteiger partial charge < -0.3 is 10.1 Å². The summed E-state index contributed by atoms with van der Waals surface area (Å²) in [7, 11) is 1.63. The Labute approximate surface area is 112 Å². The summed E-state index contributed by atoms with van der Waals surface area (Å²) in [5.41, 5.74) is 3.09. The van der Waals surface area contributed by atoms with Gasteiger partial charge in [0.05, 0.1) is 13.0 Å². The molecule has 3 heteroatoms. The first-order valence-electron chi connectivity index (χ1n) is 6.30. The molecule has 1 N–H and O–H groups in total. The van der Waals surface area contributed by atoms with Gasteiger partial charge >= 0.3 is 0 Å². The molecule has 19 heavy (non-hydrogen) atoms. The zero-order valence-corrected chi connectivity index (χ0v) is 10.7. The molecule has 1 unspecified atom stereocenters. The molecule has 1 atom stereocenters. The first-order chi connectivity index (χ1) is 9.28. The lowest BCUT2D eigenvalue weighted by atomic mass is 9.87. The SMILES string of the molecule is COc1cccc(C2Cc3ccccc3NC2=O)c1. The van der Waals surface area contributed by atoms with E-state index >= 15 is 0 Å². The number of amides is 1.